The third-order valence-electron chi connectivity index (χ3n) is 4.46. The fourth-order valence-corrected chi connectivity index (χ4v) is 3.94. The van der Waals surface area contributed by atoms with Crippen LogP contribution < -0.4 is 14.4 Å². The molecular weight excluding hydrogens is 326 g/mol. The Morgan fingerprint density at radius 3 is 2.75 bits per heavy atom. The number of benzene rings is 1. The SMILES string of the molecule is Cc1csc(N2CCN(C[C@H](O)c3ccc4c(c3)OCO4)CC2)n1. The molecule has 0 saturated carbocycles. The zero-order valence-electron chi connectivity index (χ0n) is 13.6. The zero-order valence-corrected chi connectivity index (χ0v) is 14.5. The van der Waals surface area contributed by atoms with Gasteiger partial charge in [-0.2, -0.15) is 0 Å². The molecule has 24 heavy (non-hydrogen) atoms. The summed E-state index contributed by atoms with van der Waals surface area (Å²) in [7, 11) is 0. The van der Waals surface area contributed by atoms with Crippen molar-refractivity contribution in [3.05, 3.63) is 34.8 Å². The van der Waals surface area contributed by atoms with Crippen LogP contribution in [0, 0.1) is 6.92 Å². The van der Waals surface area contributed by atoms with Crippen molar-refractivity contribution in [2.45, 2.75) is 13.0 Å². The Bertz CT molecular complexity index is 713. The van der Waals surface area contributed by atoms with Gasteiger partial charge in [0.25, 0.3) is 0 Å². The number of aromatic nitrogens is 1. The quantitative estimate of drug-likeness (QED) is 0.913. The highest BCUT2D eigenvalue weighted by atomic mass is 32.1. The van der Waals surface area contributed by atoms with E-state index in [4.69, 9.17) is 9.47 Å². The first kappa shape index (κ1) is 15.7. The van der Waals surface area contributed by atoms with Gasteiger partial charge in [-0.1, -0.05) is 6.07 Å². The van der Waals surface area contributed by atoms with Gasteiger partial charge >= 0.3 is 0 Å². The molecule has 0 amide bonds. The number of rotatable bonds is 4. The third kappa shape index (κ3) is 3.19. The molecule has 2 aromatic rings. The normalized spacial score (nSPS) is 18.8. The molecule has 1 N–H and O–H groups in total. The Morgan fingerprint density at radius 1 is 1.21 bits per heavy atom. The van der Waals surface area contributed by atoms with Crippen molar-refractivity contribution < 1.29 is 14.6 Å². The van der Waals surface area contributed by atoms with Crippen molar-refractivity contribution in [3.63, 3.8) is 0 Å². The van der Waals surface area contributed by atoms with Gasteiger partial charge in [0.2, 0.25) is 6.79 Å². The van der Waals surface area contributed by atoms with Crippen LogP contribution in [0.5, 0.6) is 11.5 Å². The van der Waals surface area contributed by atoms with Crippen LogP contribution in [0.25, 0.3) is 0 Å². The number of ether oxygens (including phenoxy) is 2. The molecule has 1 fully saturated rings. The Hall–Kier alpha value is -1.83. The van der Waals surface area contributed by atoms with E-state index in [0.29, 0.717) is 6.54 Å². The maximum Gasteiger partial charge on any atom is 0.231 e. The van der Waals surface area contributed by atoms with Crippen LogP contribution in [0.1, 0.15) is 17.4 Å². The number of hydrogen-bond donors (Lipinski definition) is 1. The lowest BCUT2D eigenvalue weighted by Gasteiger charge is -2.35. The molecule has 0 spiro atoms. The Labute approximate surface area is 145 Å². The number of anilines is 1. The summed E-state index contributed by atoms with van der Waals surface area (Å²) in [6.07, 6.45) is -0.520. The van der Waals surface area contributed by atoms with E-state index in [-0.39, 0.29) is 6.79 Å². The number of piperazine rings is 1. The van der Waals surface area contributed by atoms with Gasteiger partial charge in [-0.05, 0) is 24.6 Å². The molecule has 128 valence electrons. The number of thiazole rings is 1. The highest BCUT2D eigenvalue weighted by molar-refractivity contribution is 7.13. The Kier molecular flexibility index (Phi) is 4.30. The minimum absolute atomic E-state index is 0.257. The number of fused-ring (bicyclic) bond motifs is 1. The van der Waals surface area contributed by atoms with Crippen molar-refractivity contribution in [1.82, 2.24) is 9.88 Å². The topological polar surface area (TPSA) is 58.1 Å². The Morgan fingerprint density at radius 2 is 2.00 bits per heavy atom. The second-order valence-electron chi connectivity index (χ2n) is 6.19. The van der Waals surface area contributed by atoms with Crippen molar-refractivity contribution in [2.75, 3.05) is 44.4 Å². The molecule has 4 rings (SSSR count). The summed E-state index contributed by atoms with van der Waals surface area (Å²) in [6.45, 7) is 6.66. The van der Waals surface area contributed by atoms with Gasteiger partial charge in [-0.25, -0.2) is 4.98 Å². The van der Waals surface area contributed by atoms with Crippen LogP contribution >= 0.6 is 11.3 Å². The summed E-state index contributed by atoms with van der Waals surface area (Å²) >= 11 is 1.70. The smallest absolute Gasteiger partial charge is 0.231 e. The molecule has 1 aromatic carbocycles. The van der Waals surface area contributed by atoms with Gasteiger partial charge in [-0.15, -0.1) is 11.3 Å². The lowest BCUT2D eigenvalue weighted by Crippen LogP contribution is -2.47. The molecule has 1 atom stereocenters. The van der Waals surface area contributed by atoms with E-state index >= 15 is 0 Å². The van der Waals surface area contributed by atoms with Gasteiger partial charge in [0.05, 0.1) is 11.8 Å². The van der Waals surface area contributed by atoms with E-state index in [2.05, 4.69) is 20.2 Å². The predicted octanol–water partition coefficient (Wildman–Crippen LogP) is 2.04. The Balaban J connectivity index is 1.33. The monoisotopic (exact) mass is 347 g/mol. The first-order valence-corrected chi connectivity index (χ1v) is 9.04. The maximum atomic E-state index is 10.5. The van der Waals surface area contributed by atoms with Crippen LogP contribution in [0.15, 0.2) is 23.6 Å². The van der Waals surface area contributed by atoms with Crippen molar-refractivity contribution in [3.8, 4) is 11.5 Å². The highest BCUT2D eigenvalue weighted by Crippen LogP contribution is 2.34. The van der Waals surface area contributed by atoms with E-state index in [1.807, 2.05) is 25.1 Å². The van der Waals surface area contributed by atoms with Gasteiger partial charge < -0.3 is 19.5 Å². The maximum absolute atomic E-state index is 10.5. The predicted molar refractivity (Wildman–Crippen MR) is 93.0 cm³/mol. The largest absolute Gasteiger partial charge is 0.454 e. The molecule has 2 aliphatic heterocycles. The average molecular weight is 347 g/mol. The number of β-amino-alcohol motifs (C(OH)–C–C–N with tert-alkyl or cyclic N) is 1. The van der Waals surface area contributed by atoms with Gasteiger partial charge in [-0.3, -0.25) is 4.90 Å². The lowest BCUT2D eigenvalue weighted by molar-refractivity contribution is 0.109. The first-order valence-electron chi connectivity index (χ1n) is 8.16. The molecule has 7 heteroatoms. The third-order valence-corrected chi connectivity index (χ3v) is 5.48. The fraction of sp³-hybridized carbons (Fsp3) is 0.471. The molecule has 6 nitrogen and oxygen atoms in total. The first-order chi connectivity index (χ1) is 11.7. The number of aryl methyl sites for hydroxylation is 1. The van der Waals surface area contributed by atoms with Crippen LogP contribution in [0.2, 0.25) is 0 Å². The van der Waals surface area contributed by atoms with E-state index in [0.717, 1.165) is 54.1 Å². The molecule has 0 unspecified atom stereocenters. The van der Waals surface area contributed by atoms with Gasteiger partial charge in [0.1, 0.15) is 0 Å². The van der Waals surface area contributed by atoms with Crippen LogP contribution in [-0.4, -0.2) is 54.5 Å². The van der Waals surface area contributed by atoms with Crippen molar-refractivity contribution >= 4 is 16.5 Å². The second-order valence-corrected chi connectivity index (χ2v) is 7.02. The van der Waals surface area contributed by atoms with Crippen LogP contribution in [0.3, 0.4) is 0 Å². The molecule has 3 heterocycles. The number of nitrogens with zero attached hydrogens (tertiary/aromatic N) is 3. The van der Waals surface area contributed by atoms with Crippen LogP contribution in [-0.2, 0) is 0 Å². The van der Waals surface area contributed by atoms with Gasteiger partial charge in [0, 0.05) is 38.1 Å². The number of aliphatic hydroxyl groups is 1. The summed E-state index contributed by atoms with van der Waals surface area (Å²) in [5, 5.41) is 13.7. The highest BCUT2D eigenvalue weighted by Gasteiger charge is 2.23. The van der Waals surface area contributed by atoms with Crippen molar-refractivity contribution in [1.29, 1.82) is 0 Å². The molecule has 0 radical (unpaired) electrons. The number of aliphatic hydroxyl groups excluding tert-OH is 1. The van der Waals surface area contributed by atoms with E-state index in [1.165, 1.54) is 0 Å². The molecule has 2 aliphatic rings. The summed E-state index contributed by atoms with van der Waals surface area (Å²) in [5.41, 5.74) is 1.95. The summed E-state index contributed by atoms with van der Waals surface area (Å²) in [6, 6.07) is 5.65. The van der Waals surface area contributed by atoms with E-state index < -0.39 is 6.10 Å². The molecule has 1 aromatic heterocycles. The molecule has 0 bridgehead atoms. The van der Waals surface area contributed by atoms with Crippen molar-refractivity contribution in [2.24, 2.45) is 0 Å². The van der Waals surface area contributed by atoms with Crippen LogP contribution in [0.4, 0.5) is 5.13 Å². The lowest BCUT2D eigenvalue weighted by atomic mass is 10.1. The molecular formula is C17H21N3O3S. The fourth-order valence-electron chi connectivity index (χ4n) is 3.08. The molecule has 1 saturated heterocycles. The summed E-state index contributed by atoms with van der Waals surface area (Å²) in [5.74, 6) is 1.47. The van der Waals surface area contributed by atoms with E-state index in [1.54, 1.807) is 11.3 Å². The summed E-state index contributed by atoms with van der Waals surface area (Å²) in [4.78, 5) is 9.17. The number of hydrogen-bond acceptors (Lipinski definition) is 7. The molecule has 0 aliphatic carbocycles. The average Bonchev–Trinajstić information content (AvgIpc) is 3.23. The summed E-state index contributed by atoms with van der Waals surface area (Å²) < 4.78 is 10.7. The minimum Gasteiger partial charge on any atom is -0.454 e. The minimum atomic E-state index is -0.520. The standard InChI is InChI=1S/C17H21N3O3S/c1-12-10-24-17(18-12)20-6-4-19(5-7-20)9-14(21)13-2-3-15-16(8-13)23-11-22-15/h2-3,8,10,14,21H,4-7,9,11H2,1H3/t14-/m0/s1. The van der Waals surface area contributed by atoms with E-state index in [9.17, 15) is 5.11 Å². The zero-order chi connectivity index (χ0) is 16.5. The second kappa shape index (κ2) is 6.58. The van der Waals surface area contributed by atoms with Gasteiger partial charge in [0.15, 0.2) is 16.6 Å².